The molecule has 0 saturated carbocycles. The van der Waals surface area contributed by atoms with Crippen LogP contribution < -0.4 is 4.74 Å². The van der Waals surface area contributed by atoms with Crippen molar-refractivity contribution >= 4 is 5.97 Å². The van der Waals surface area contributed by atoms with Crippen LogP contribution in [0.1, 0.15) is 23.7 Å². The molecule has 1 atom stereocenters. The molecule has 0 bridgehead atoms. The lowest BCUT2D eigenvalue weighted by atomic mass is 10.1. The van der Waals surface area contributed by atoms with Gasteiger partial charge in [-0.3, -0.25) is 4.79 Å². The van der Waals surface area contributed by atoms with Gasteiger partial charge in [-0.05, 0) is 11.6 Å². The van der Waals surface area contributed by atoms with Crippen LogP contribution in [0.3, 0.4) is 0 Å². The Kier molecular flexibility index (Phi) is 5.35. The Labute approximate surface area is 123 Å². The first kappa shape index (κ1) is 15.1. The van der Waals surface area contributed by atoms with E-state index in [9.17, 15) is 9.90 Å². The van der Waals surface area contributed by atoms with Crippen LogP contribution in [0.5, 0.6) is 5.75 Å². The standard InChI is InChI=1S/C17H18O4/c1-20-17(19)11-15(18)14-9-5-6-10-16(14)21-12-13-7-3-2-4-8-13/h2-10,15,18H,11-12H2,1H3. The highest BCUT2D eigenvalue weighted by Gasteiger charge is 2.17. The number of hydrogen-bond donors (Lipinski definition) is 1. The molecule has 1 N–H and O–H groups in total. The van der Waals surface area contributed by atoms with Gasteiger partial charge in [0.25, 0.3) is 0 Å². The van der Waals surface area contributed by atoms with Gasteiger partial charge in [0.1, 0.15) is 12.4 Å². The molecule has 1 unspecified atom stereocenters. The van der Waals surface area contributed by atoms with Gasteiger partial charge in [-0.15, -0.1) is 0 Å². The van der Waals surface area contributed by atoms with Crippen LogP contribution >= 0.6 is 0 Å². The molecule has 4 nitrogen and oxygen atoms in total. The van der Waals surface area contributed by atoms with Crippen molar-refractivity contribution in [3.8, 4) is 5.75 Å². The molecule has 0 aliphatic heterocycles. The topological polar surface area (TPSA) is 55.8 Å². The van der Waals surface area contributed by atoms with Gasteiger partial charge in [-0.2, -0.15) is 0 Å². The molecule has 0 heterocycles. The second-order valence-corrected chi connectivity index (χ2v) is 4.61. The van der Waals surface area contributed by atoms with Crippen LogP contribution in [0.4, 0.5) is 0 Å². The number of benzene rings is 2. The summed E-state index contributed by atoms with van der Waals surface area (Å²) in [6, 6.07) is 16.9. The predicted molar refractivity (Wildman–Crippen MR) is 78.8 cm³/mol. The molecule has 21 heavy (non-hydrogen) atoms. The maximum absolute atomic E-state index is 11.3. The number of carbonyl (C=O) groups excluding carboxylic acids is 1. The van der Waals surface area contributed by atoms with E-state index in [0.29, 0.717) is 17.9 Å². The Balaban J connectivity index is 2.07. The lowest BCUT2D eigenvalue weighted by Crippen LogP contribution is -2.09. The smallest absolute Gasteiger partial charge is 0.308 e. The van der Waals surface area contributed by atoms with Crippen molar-refractivity contribution in [2.24, 2.45) is 0 Å². The van der Waals surface area contributed by atoms with Gasteiger partial charge >= 0.3 is 5.97 Å². The van der Waals surface area contributed by atoms with Crippen molar-refractivity contribution in [2.75, 3.05) is 7.11 Å². The van der Waals surface area contributed by atoms with E-state index >= 15 is 0 Å². The van der Waals surface area contributed by atoms with Gasteiger partial charge in [0.15, 0.2) is 0 Å². The lowest BCUT2D eigenvalue weighted by Gasteiger charge is -2.15. The second-order valence-electron chi connectivity index (χ2n) is 4.61. The Morgan fingerprint density at radius 3 is 2.48 bits per heavy atom. The zero-order valence-corrected chi connectivity index (χ0v) is 11.9. The molecule has 0 saturated heterocycles. The number of ether oxygens (including phenoxy) is 2. The highest BCUT2D eigenvalue weighted by atomic mass is 16.5. The number of carbonyl (C=O) groups is 1. The minimum atomic E-state index is -0.940. The molecular weight excluding hydrogens is 268 g/mol. The van der Waals surface area contributed by atoms with E-state index < -0.39 is 12.1 Å². The zero-order valence-electron chi connectivity index (χ0n) is 11.9. The Bertz CT molecular complexity index is 580. The van der Waals surface area contributed by atoms with E-state index in [4.69, 9.17) is 4.74 Å². The molecule has 4 heteroatoms. The van der Waals surface area contributed by atoms with Crippen molar-refractivity contribution in [2.45, 2.75) is 19.1 Å². The lowest BCUT2D eigenvalue weighted by molar-refractivity contribution is -0.142. The fraction of sp³-hybridized carbons (Fsp3) is 0.235. The van der Waals surface area contributed by atoms with Crippen LogP contribution in [0.25, 0.3) is 0 Å². The molecular formula is C17H18O4. The van der Waals surface area contributed by atoms with Crippen molar-refractivity contribution in [3.05, 3.63) is 65.7 Å². The van der Waals surface area contributed by atoms with Crippen molar-refractivity contribution in [3.63, 3.8) is 0 Å². The maximum Gasteiger partial charge on any atom is 0.308 e. The molecule has 2 rings (SSSR count). The van der Waals surface area contributed by atoms with Gasteiger partial charge in [-0.1, -0.05) is 48.5 Å². The maximum atomic E-state index is 11.3. The van der Waals surface area contributed by atoms with Crippen LogP contribution in [-0.4, -0.2) is 18.2 Å². The number of hydrogen-bond acceptors (Lipinski definition) is 4. The minimum absolute atomic E-state index is 0.0950. The van der Waals surface area contributed by atoms with E-state index in [1.165, 1.54) is 7.11 Å². The van der Waals surface area contributed by atoms with E-state index in [1.54, 1.807) is 18.2 Å². The second kappa shape index (κ2) is 7.45. The average molecular weight is 286 g/mol. The summed E-state index contributed by atoms with van der Waals surface area (Å²) in [4.78, 5) is 11.3. The molecule has 0 spiro atoms. The van der Waals surface area contributed by atoms with Gasteiger partial charge in [-0.25, -0.2) is 0 Å². The van der Waals surface area contributed by atoms with E-state index in [-0.39, 0.29) is 6.42 Å². The van der Waals surface area contributed by atoms with Gasteiger partial charge in [0.2, 0.25) is 0 Å². The molecule has 2 aromatic rings. The summed E-state index contributed by atoms with van der Waals surface area (Å²) in [5.74, 6) is 0.109. The molecule has 2 aromatic carbocycles. The van der Waals surface area contributed by atoms with E-state index in [0.717, 1.165) is 5.56 Å². The first-order valence-corrected chi connectivity index (χ1v) is 6.71. The summed E-state index contributed by atoms with van der Waals surface area (Å²) >= 11 is 0. The van der Waals surface area contributed by atoms with E-state index in [2.05, 4.69) is 4.74 Å². The molecule has 0 radical (unpaired) electrons. The third kappa shape index (κ3) is 4.33. The van der Waals surface area contributed by atoms with Gasteiger partial charge in [0, 0.05) is 5.56 Å². The van der Waals surface area contributed by atoms with Crippen LogP contribution in [0.15, 0.2) is 54.6 Å². The number of esters is 1. The minimum Gasteiger partial charge on any atom is -0.489 e. The number of aliphatic hydroxyl groups is 1. The average Bonchev–Trinajstić information content (AvgIpc) is 2.54. The number of aliphatic hydroxyl groups excluding tert-OH is 1. The summed E-state index contributed by atoms with van der Waals surface area (Å²) < 4.78 is 10.3. The largest absolute Gasteiger partial charge is 0.489 e. The molecule has 0 aliphatic carbocycles. The summed E-state index contributed by atoms with van der Waals surface area (Å²) in [5, 5.41) is 10.1. The Morgan fingerprint density at radius 1 is 1.10 bits per heavy atom. The molecule has 0 amide bonds. The van der Waals surface area contributed by atoms with Crippen molar-refractivity contribution in [1.29, 1.82) is 0 Å². The van der Waals surface area contributed by atoms with Crippen LogP contribution in [-0.2, 0) is 16.1 Å². The molecule has 110 valence electrons. The third-order valence-electron chi connectivity index (χ3n) is 3.10. The molecule has 0 aromatic heterocycles. The van der Waals surface area contributed by atoms with Crippen LogP contribution in [0.2, 0.25) is 0 Å². The molecule has 0 aliphatic rings. The Morgan fingerprint density at radius 2 is 1.76 bits per heavy atom. The van der Waals surface area contributed by atoms with Crippen LogP contribution in [0, 0.1) is 0 Å². The van der Waals surface area contributed by atoms with Gasteiger partial charge < -0.3 is 14.6 Å². The van der Waals surface area contributed by atoms with Crippen molar-refractivity contribution in [1.82, 2.24) is 0 Å². The fourth-order valence-electron chi connectivity index (χ4n) is 1.97. The number of methoxy groups -OCH3 is 1. The predicted octanol–water partition coefficient (Wildman–Crippen LogP) is 2.86. The summed E-state index contributed by atoms with van der Waals surface area (Å²) in [6.07, 6.45) is -1.04. The van der Waals surface area contributed by atoms with E-state index in [1.807, 2.05) is 36.4 Å². The third-order valence-corrected chi connectivity index (χ3v) is 3.10. The number of para-hydroxylation sites is 1. The van der Waals surface area contributed by atoms with Crippen molar-refractivity contribution < 1.29 is 19.4 Å². The first-order valence-electron chi connectivity index (χ1n) is 6.71. The quantitative estimate of drug-likeness (QED) is 0.830. The van der Waals surface area contributed by atoms with Gasteiger partial charge in [0.05, 0.1) is 19.6 Å². The molecule has 0 fully saturated rings. The normalized spacial score (nSPS) is 11.7. The zero-order chi connectivity index (χ0) is 15.1. The Hall–Kier alpha value is -2.33. The fourth-order valence-corrected chi connectivity index (χ4v) is 1.97. The highest BCUT2D eigenvalue weighted by Crippen LogP contribution is 2.28. The SMILES string of the molecule is COC(=O)CC(O)c1ccccc1OCc1ccccc1. The summed E-state index contributed by atoms with van der Waals surface area (Å²) in [6.45, 7) is 0.406. The first-order chi connectivity index (χ1) is 10.2. The summed E-state index contributed by atoms with van der Waals surface area (Å²) in [7, 11) is 1.30. The number of rotatable bonds is 6. The summed E-state index contributed by atoms with van der Waals surface area (Å²) in [5.41, 5.74) is 1.62. The highest BCUT2D eigenvalue weighted by molar-refractivity contribution is 5.70. The monoisotopic (exact) mass is 286 g/mol.